The molecule has 0 bridgehead atoms. The van der Waals surface area contributed by atoms with Gasteiger partial charge in [0.25, 0.3) is 0 Å². The van der Waals surface area contributed by atoms with E-state index >= 15 is 0 Å². The lowest BCUT2D eigenvalue weighted by molar-refractivity contribution is -0.117. The van der Waals surface area contributed by atoms with E-state index in [0.29, 0.717) is 17.0 Å². The van der Waals surface area contributed by atoms with Crippen molar-refractivity contribution < 1.29 is 14.3 Å². The van der Waals surface area contributed by atoms with Crippen molar-refractivity contribution in [2.45, 2.75) is 38.3 Å². The Kier molecular flexibility index (Phi) is 5.88. The Morgan fingerprint density at radius 1 is 1.17 bits per heavy atom. The Bertz CT molecular complexity index is 913. The summed E-state index contributed by atoms with van der Waals surface area (Å²) in [6.45, 7) is 2.58. The van der Waals surface area contributed by atoms with E-state index in [2.05, 4.69) is 11.0 Å². The predicted molar refractivity (Wildman–Crippen MR) is 113 cm³/mol. The normalized spacial score (nSPS) is 19.3. The van der Waals surface area contributed by atoms with Gasteiger partial charge in [-0.1, -0.05) is 23.7 Å². The number of halogens is 1. The summed E-state index contributed by atoms with van der Waals surface area (Å²) in [5, 5.41) is 0.672. The SMILES string of the molecule is COC(=O)c1cccc2c1CN(CC[C@@H]1CCC(=O)N1c1ccc(Cl)cc1)CC2. The van der Waals surface area contributed by atoms with Crippen molar-refractivity contribution in [3.8, 4) is 0 Å². The maximum absolute atomic E-state index is 12.5. The molecule has 2 aliphatic rings. The maximum atomic E-state index is 12.5. The second-order valence-electron chi connectivity index (χ2n) is 7.68. The average molecular weight is 413 g/mol. The van der Waals surface area contributed by atoms with Crippen LogP contribution >= 0.6 is 11.6 Å². The number of methoxy groups -OCH3 is 1. The molecule has 1 amide bonds. The van der Waals surface area contributed by atoms with Crippen molar-refractivity contribution in [3.05, 3.63) is 64.2 Å². The zero-order valence-electron chi connectivity index (χ0n) is 16.6. The summed E-state index contributed by atoms with van der Waals surface area (Å²) in [7, 11) is 1.42. The zero-order chi connectivity index (χ0) is 20.4. The molecule has 2 heterocycles. The molecule has 0 aliphatic carbocycles. The quantitative estimate of drug-likeness (QED) is 0.694. The fourth-order valence-corrected chi connectivity index (χ4v) is 4.56. The Labute approximate surface area is 176 Å². The lowest BCUT2D eigenvalue weighted by Crippen LogP contribution is -2.38. The highest BCUT2D eigenvalue weighted by Crippen LogP contribution is 2.30. The Balaban J connectivity index is 1.44. The predicted octanol–water partition coefficient (Wildman–Crippen LogP) is 4.07. The molecule has 0 N–H and O–H groups in total. The highest BCUT2D eigenvalue weighted by molar-refractivity contribution is 6.30. The van der Waals surface area contributed by atoms with Crippen LogP contribution in [0.15, 0.2) is 42.5 Å². The molecule has 6 heteroatoms. The molecular formula is C23H25ClN2O3. The number of anilines is 1. The average Bonchev–Trinajstić information content (AvgIpc) is 3.12. The number of rotatable bonds is 5. The number of carbonyl (C=O) groups is 2. The third kappa shape index (κ3) is 4.16. The summed E-state index contributed by atoms with van der Waals surface area (Å²) in [5.41, 5.74) is 3.87. The summed E-state index contributed by atoms with van der Waals surface area (Å²) < 4.78 is 4.95. The van der Waals surface area contributed by atoms with Gasteiger partial charge >= 0.3 is 5.97 Å². The van der Waals surface area contributed by atoms with Crippen molar-refractivity contribution in [1.29, 1.82) is 0 Å². The Morgan fingerprint density at radius 3 is 2.72 bits per heavy atom. The zero-order valence-corrected chi connectivity index (χ0v) is 17.3. The Morgan fingerprint density at radius 2 is 1.97 bits per heavy atom. The molecule has 0 aromatic heterocycles. The molecule has 0 radical (unpaired) electrons. The van der Waals surface area contributed by atoms with Crippen LogP contribution in [0.25, 0.3) is 0 Å². The third-order valence-corrected chi connectivity index (χ3v) is 6.22. The molecule has 4 rings (SSSR count). The maximum Gasteiger partial charge on any atom is 0.338 e. The van der Waals surface area contributed by atoms with Crippen molar-refractivity contribution in [1.82, 2.24) is 4.90 Å². The first kappa shape index (κ1) is 19.9. The standard InChI is InChI=1S/C23H25ClN2O3/c1-29-23(28)20-4-2-3-16-11-13-25(15-21(16)20)14-12-19-9-10-22(27)26(19)18-7-5-17(24)6-8-18/h2-8,19H,9-15H2,1H3/t19-/m0/s1. The van der Waals surface area contributed by atoms with E-state index < -0.39 is 0 Å². The molecule has 0 unspecified atom stereocenters. The van der Waals surface area contributed by atoms with Crippen LogP contribution in [-0.4, -0.2) is 43.0 Å². The molecule has 1 saturated heterocycles. The van der Waals surface area contributed by atoms with E-state index in [1.54, 1.807) is 0 Å². The summed E-state index contributed by atoms with van der Waals surface area (Å²) in [5.74, 6) is -0.103. The first-order chi connectivity index (χ1) is 14.1. The first-order valence-corrected chi connectivity index (χ1v) is 10.4. The molecule has 2 aliphatic heterocycles. The molecule has 0 saturated carbocycles. The lowest BCUT2D eigenvalue weighted by atomic mass is 9.94. The molecule has 1 fully saturated rings. The number of fused-ring (bicyclic) bond motifs is 1. The minimum absolute atomic E-state index is 0.175. The van der Waals surface area contributed by atoms with Crippen LogP contribution in [-0.2, 0) is 22.5 Å². The minimum Gasteiger partial charge on any atom is -0.465 e. The van der Waals surface area contributed by atoms with Crippen molar-refractivity contribution in [2.75, 3.05) is 25.1 Å². The molecule has 0 spiro atoms. The highest BCUT2D eigenvalue weighted by atomic mass is 35.5. The summed E-state index contributed by atoms with van der Waals surface area (Å²) in [6, 6.07) is 13.5. The van der Waals surface area contributed by atoms with Gasteiger partial charge in [-0.3, -0.25) is 9.69 Å². The van der Waals surface area contributed by atoms with E-state index in [9.17, 15) is 9.59 Å². The molecule has 152 valence electrons. The van der Waals surface area contributed by atoms with E-state index in [-0.39, 0.29) is 17.9 Å². The van der Waals surface area contributed by atoms with E-state index in [1.807, 2.05) is 41.3 Å². The lowest BCUT2D eigenvalue weighted by Gasteiger charge is -2.32. The third-order valence-electron chi connectivity index (χ3n) is 5.97. The summed E-state index contributed by atoms with van der Waals surface area (Å²) >= 11 is 6.00. The monoisotopic (exact) mass is 412 g/mol. The number of hydrogen-bond acceptors (Lipinski definition) is 4. The summed E-state index contributed by atoms with van der Waals surface area (Å²) in [6.07, 6.45) is 3.29. The fourth-order valence-electron chi connectivity index (χ4n) is 4.43. The number of esters is 1. The van der Waals surface area contributed by atoms with Gasteiger partial charge in [0.05, 0.1) is 12.7 Å². The number of ether oxygens (including phenoxy) is 1. The largest absolute Gasteiger partial charge is 0.465 e. The molecule has 2 aromatic carbocycles. The van der Waals surface area contributed by atoms with Crippen LogP contribution in [0.2, 0.25) is 5.02 Å². The first-order valence-electron chi connectivity index (χ1n) is 10.1. The second kappa shape index (κ2) is 8.56. The van der Waals surface area contributed by atoms with Gasteiger partial charge in [0.2, 0.25) is 5.91 Å². The minimum atomic E-state index is -0.279. The number of nitrogens with zero attached hydrogens (tertiary/aromatic N) is 2. The number of carbonyl (C=O) groups excluding carboxylic acids is 2. The van der Waals surface area contributed by atoms with Gasteiger partial charge in [-0.25, -0.2) is 4.79 Å². The van der Waals surface area contributed by atoms with Gasteiger partial charge in [-0.2, -0.15) is 0 Å². The van der Waals surface area contributed by atoms with Gasteiger partial charge in [0.15, 0.2) is 0 Å². The molecule has 29 heavy (non-hydrogen) atoms. The van der Waals surface area contributed by atoms with Crippen LogP contribution in [0.4, 0.5) is 5.69 Å². The van der Waals surface area contributed by atoms with Crippen LogP contribution in [0, 0.1) is 0 Å². The Hall–Kier alpha value is -2.37. The van der Waals surface area contributed by atoms with Gasteiger partial charge in [0, 0.05) is 42.8 Å². The van der Waals surface area contributed by atoms with Crippen molar-refractivity contribution in [3.63, 3.8) is 0 Å². The molecular weight excluding hydrogens is 388 g/mol. The molecule has 5 nitrogen and oxygen atoms in total. The van der Waals surface area contributed by atoms with Crippen LogP contribution in [0.5, 0.6) is 0 Å². The van der Waals surface area contributed by atoms with Gasteiger partial charge < -0.3 is 9.64 Å². The molecule has 1 atom stereocenters. The summed E-state index contributed by atoms with van der Waals surface area (Å²) in [4.78, 5) is 28.9. The number of amides is 1. The second-order valence-corrected chi connectivity index (χ2v) is 8.12. The van der Waals surface area contributed by atoms with E-state index in [4.69, 9.17) is 16.3 Å². The van der Waals surface area contributed by atoms with Crippen molar-refractivity contribution in [2.24, 2.45) is 0 Å². The fraction of sp³-hybridized carbons (Fsp3) is 0.391. The van der Waals surface area contributed by atoms with Crippen LogP contribution in [0.3, 0.4) is 0 Å². The van der Waals surface area contributed by atoms with Crippen molar-refractivity contribution >= 4 is 29.2 Å². The number of benzene rings is 2. The topological polar surface area (TPSA) is 49.9 Å². The van der Waals surface area contributed by atoms with Crippen LogP contribution in [0.1, 0.15) is 40.7 Å². The molecule has 2 aromatic rings. The highest BCUT2D eigenvalue weighted by Gasteiger charge is 2.32. The van der Waals surface area contributed by atoms with Gasteiger partial charge in [0.1, 0.15) is 0 Å². The van der Waals surface area contributed by atoms with Gasteiger partial charge in [-0.15, -0.1) is 0 Å². The van der Waals surface area contributed by atoms with Gasteiger partial charge in [-0.05, 0) is 60.7 Å². The number of hydrogen-bond donors (Lipinski definition) is 0. The van der Waals surface area contributed by atoms with Crippen LogP contribution < -0.4 is 4.90 Å². The smallest absolute Gasteiger partial charge is 0.338 e. The van der Waals surface area contributed by atoms with E-state index in [0.717, 1.165) is 50.1 Å². The van der Waals surface area contributed by atoms with E-state index in [1.165, 1.54) is 12.7 Å².